The summed E-state index contributed by atoms with van der Waals surface area (Å²) in [6.45, 7) is 0. The lowest BCUT2D eigenvalue weighted by Gasteiger charge is -1.82. The molecule has 0 atom stereocenters. The van der Waals surface area contributed by atoms with Crippen molar-refractivity contribution >= 4 is 8.56 Å². The summed E-state index contributed by atoms with van der Waals surface area (Å²) in [5.74, 6) is 0. The van der Waals surface area contributed by atoms with E-state index in [0.717, 1.165) is 0 Å². The zero-order chi connectivity index (χ0) is 6.53. The summed E-state index contributed by atoms with van der Waals surface area (Å²) in [5, 5.41) is 0. The minimum Gasteiger partial charge on any atom is -0.0989 e. The third kappa shape index (κ3) is 1.68. The Morgan fingerprint density at radius 1 is 1.22 bits per heavy atom. The van der Waals surface area contributed by atoms with Gasteiger partial charge in [-0.25, -0.2) is 0 Å². The Kier molecular flexibility index (Phi) is 2.01. The molecule has 0 aliphatic carbocycles. The van der Waals surface area contributed by atoms with Gasteiger partial charge in [-0.15, -0.1) is 0 Å². The number of azide groups is 1. The van der Waals surface area contributed by atoms with Gasteiger partial charge in [-0.2, -0.15) is 0 Å². The number of rotatable bonds is 1. The van der Waals surface area contributed by atoms with E-state index in [1.54, 1.807) is 0 Å². The molecule has 0 aliphatic rings. The van der Waals surface area contributed by atoms with Gasteiger partial charge in [0.2, 0.25) is 0 Å². The highest BCUT2D eigenvalue weighted by Crippen LogP contribution is 1.85. The van der Waals surface area contributed by atoms with Crippen molar-refractivity contribution in [3.8, 4) is 0 Å². The second kappa shape index (κ2) is 3.01. The van der Waals surface area contributed by atoms with Gasteiger partial charge in [0.25, 0.3) is 0 Å². The van der Waals surface area contributed by atoms with Crippen molar-refractivity contribution < 1.29 is 0 Å². The predicted molar refractivity (Wildman–Crippen MR) is 36.9 cm³/mol. The van der Waals surface area contributed by atoms with E-state index in [9.17, 15) is 0 Å². The van der Waals surface area contributed by atoms with E-state index in [1.165, 1.54) is 0 Å². The fourth-order valence-electron chi connectivity index (χ4n) is 0.546. The summed E-state index contributed by atoms with van der Waals surface area (Å²) < 4.78 is 3.57. The monoisotopic (exact) mass is 135 g/mol. The first kappa shape index (κ1) is 6.00. The van der Waals surface area contributed by atoms with Crippen molar-refractivity contribution in [2.24, 2.45) is 4.78 Å². The molecule has 1 heterocycles. The highest BCUT2D eigenvalue weighted by molar-refractivity contribution is 6.48. The maximum Gasteiger partial charge on any atom is 0.143 e. The first-order chi connectivity index (χ1) is 4.43. The average molecular weight is 135 g/mol. The molecular weight excluding hydrogens is 130 g/mol. The standard InChI is InChI=1S/C5H5N3Si/c6-7-8-9-4-2-1-3-5-9/h1-5H. The summed E-state index contributed by atoms with van der Waals surface area (Å²) >= 11 is 0. The van der Waals surface area contributed by atoms with Crippen molar-refractivity contribution in [3.05, 3.63) is 40.0 Å². The van der Waals surface area contributed by atoms with Gasteiger partial charge in [0.05, 0.1) is 0 Å². The fourth-order valence-corrected chi connectivity index (χ4v) is 1.51. The molecule has 3 nitrogen and oxygen atoms in total. The molecular formula is C5H5N3Si. The van der Waals surface area contributed by atoms with E-state index in [4.69, 9.17) is 5.53 Å². The lowest BCUT2D eigenvalue weighted by atomic mass is 10.6. The number of nitrogens with zero attached hydrogens (tertiary/aromatic N) is 3. The Balaban J connectivity index is 2.97. The Bertz CT molecular complexity index is 227. The summed E-state index contributed by atoms with van der Waals surface area (Å²) in [6.07, 6.45) is 0. The van der Waals surface area contributed by atoms with Gasteiger partial charge < -0.3 is 0 Å². The van der Waals surface area contributed by atoms with E-state index in [1.807, 2.05) is 29.6 Å². The van der Waals surface area contributed by atoms with E-state index in [2.05, 4.69) is 9.69 Å². The fraction of sp³-hybridized carbons (Fsp3) is 0. The van der Waals surface area contributed by atoms with Crippen LogP contribution in [0, 0.1) is 0 Å². The zero-order valence-electron chi connectivity index (χ0n) is 4.73. The molecule has 0 N–H and O–H groups in total. The van der Waals surface area contributed by atoms with E-state index in [0.29, 0.717) is 0 Å². The Morgan fingerprint density at radius 3 is 2.44 bits per heavy atom. The third-order valence-corrected chi connectivity index (χ3v) is 2.30. The van der Waals surface area contributed by atoms with Crippen LogP contribution in [0.15, 0.2) is 34.3 Å². The molecule has 44 valence electrons. The minimum atomic E-state index is -0.983. The van der Waals surface area contributed by atoms with Crippen LogP contribution in [-0.2, 0) is 0 Å². The molecule has 1 rings (SSSR count). The van der Waals surface area contributed by atoms with Crippen molar-refractivity contribution in [2.75, 3.05) is 0 Å². The normalized spacial score (nSPS) is 8.00. The Morgan fingerprint density at radius 2 is 1.89 bits per heavy atom. The molecule has 0 aliphatic heterocycles. The second-order valence-electron chi connectivity index (χ2n) is 1.52. The van der Waals surface area contributed by atoms with Crippen LogP contribution in [0.2, 0.25) is 0 Å². The topological polar surface area (TPSA) is 48.8 Å². The minimum absolute atomic E-state index is 0.983. The molecule has 1 aromatic rings. The maximum atomic E-state index is 8.02. The van der Waals surface area contributed by atoms with Crippen molar-refractivity contribution in [1.29, 1.82) is 0 Å². The first-order valence-electron chi connectivity index (χ1n) is 2.53. The maximum absolute atomic E-state index is 8.02. The largest absolute Gasteiger partial charge is 0.143 e. The van der Waals surface area contributed by atoms with Crippen LogP contribution in [0.4, 0.5) is 0 Å². The van der Waals surface area contributed by atoms with Gasteiger partial charge in [0.15, 0.2) is 0 Å². The van der Waals surface area contributed by atoms with Gasteiger partial charge in [0.1, 0.15) is 8.56 Å². The summed E-state index contributed by atoms with van der Waals surface area (Å²) in [4.78, 5) is 2.71. The van der Waals surface area contributed by atoms with Crippen molar-refractivity contribution in [2.45, 2.75) is 0 Å². The van der Waals surface area contributed by atoms with Gasteiger partial charge in [-0.05, 0) is 5.53 Å². The van der Waals surface area contributed by atoms with Crippen molar-refractivity contribution in [1.82, 2.24) is 0 Å². The highest BCUT2D eigenvalue weighted by Gasteiger charge is 1.81. The molecule has 0 aromatic carbocycles. The molecule has 0 amide bonds. The van der Waals surface area contributed by atoms with Gasteiger partial charge in [-0.1, -0.05) is 34.3 Å². The summed E-state index contributed by atoms with van der Waals surface area (Å²) in [6, 6.07) is 5.73. The van der Waals surface area contributed by atoms with Crippen LogP contribution in [-0.4, -0.2) is 8.56 Å². The van der Waals surface area contributed by atoms with Gasteiger partial charge >= 0.3 is 0 Å². The predicted octanol–water partition coefficient (Wildman–Crippen LogP) is 1.79. The van der Waals surface area contributed by atoms with Crippen LogP contribution in [0.5, 0.6) is 0 Å². The Hall–Kier alpha value is -1.12. The quantitative estimate of drug-likeness (QED) is 0.244. The van der Waals surface area contributed by atoms with Crippen LogP contribution in [0.3, 0.4) is 0 Å². The van der Waals surface area contributed by atoms with E-state index in [-0.39, 0.29) is 0 Å². The third-order valence-electron chi connectivity index (χ3n) is 0.916. The first-order valence-corrected chi connectivity index (χ1v) is 4.14. The smallest absolute Gasteiger partial charge is 0.0989 e. The van der Waals surface area contributed by atoms with Crippen LogP contribution in [0.25, 0.3) is 10.4 Å². The molecule has 0 radical (unpaired) electrons. The number of hydrogen-bond donors (Lipinski definition) is 0. The molecule has 0 unspecified atom stereocenters. The lowest BCUT2D eigenvalue weighted by Crippen LogP contribution is -1.84. The van der Waals surface area contributed by atoms with Crippen LogP contribution in [0.1, 0.15) is 0 Å². The molecule has 0 bridgehead atoms. The lowest BCUT2D eigenvalue weighted by molar-refractivity contribution is 1.68. The summed E-state index contributed by atoms with van der Waals surface area (Å²) in [5.41, 5.74) is 11.9. The molecule has 0 saturated heterocycles. The van der Waals surface area contributed by atoms with Gasteiger partial charge in [-0.3, -0.25) is 0 Å². The van der Waals surface area contributed by atoms with Crippen molar-refractivity contribution in [3.63, 3.8) is 0 Å². The second-order valence-corrected chi connectivity index (χ2v) is 3.24. The van der Waals surface area contributed by atoms with Gasteiger partial charge in [0, 0.05) is 4.91 Å². The SMILES string of the molecule is [N-]=[N+]=N[si]1ccccc1. The number of hydrogen-bond acceptors (Lipinski definition) is 1. The molecule has 9 heavy (non-hydrogen) atoms. The molecule has 1 aromatic heterocycles. The van der Waals surface area contributed by atoms with Crippen LogP contribution < -0.4 is 0 Å². The zero-order valence-corrected chi connectivity index (χ0v) is 5.73. The van der Waals surface area contributed by atoms with Crippen LogP contribution >= 0.6 is 0 Å². The van der Waals surface area contributed by atoms with E-state index < -0.39 is 8.56 Å². The van der Waals surface area contributed by atoms with E-state index >= 15 is 0 Å². The highest BCUT2D eigenvalue weighted by atomic mass is 28.2. The molecule has 4 heteroatoms. The Labute approximate surface area is 54.2 Å². The molecule has 0 saturated carbocycles. The summed E-state index contributed by atoms with van der Waals surface area (Å²) in [7, 11) is -0.983. The molecule has 0 spiro atoms. The molecule has 0 fully saturated rings. The average Bonchev–Trinajstić information content (AvgIpc) is 1.91.